The zero-order valence-electron chi connectivity index (χ0n) is 17.3. The molecule has 1 fully saturated rings. The number of rotatable bonds is 5. The molecule has 0 aromatic heterocycles. The van der Waals surface area contributed by atoms with Crippen molar-refractivity contribution in [2.45, 2.75) is 36.9 Å². The molecule has 0 radical (unpaired) electrons. The molecule has 3 rings (SSSR count). The Morgan fingerprint density at radius 1 is 0.970 bits per heavy atom. The number of hydrogen-bond acceptors (Lipinski definition) is 4. The van der Waals surface area contributed by atoms with Crippen LogP contribution in [0.4, 0.5) is 18.9 Å². The van der Waals surface area contributed by atoms with Gasteiger partial charge in [0.2, 0.25) is 10.0 Å². The fraction of sp³-hybridized carbons (Fsp3) is 0.333. The monoisotopic (exact) mass is 503 g/mol. The first-order valence-corrected chi connectivity index (χ1v) is 11.9. The molecule has 0 bridgehead atoms. The molecule has 33 heavy (non-hydrogen) atoms. The summed E-state index contributed by atoms with van der Waals surface area (Å²) in [6.07, 6.45) is -2.08. The van der Waals surface area contributed by atoms with Gasteiger partial charge in [-0.15, -0.1) is 0 Å². The van der Waals surface area contributed by atoms with Crippen LogP contribution in [0, 0.1) is 0 Å². The van der Waals surface area contributed by atoms with E-state index in [1.807, 2.05) is 0 Å². The molecular weight excluding hydrogens is 483 g/mol. The van der Waals surface area contributed by atoms with Gasteiger partial charge in [0, 0.05) is 25.3 Å². The third-order valence-electron chi connectivity index (χ3n) is 5.07. The lowest BCUT2D eigenvalue weighted by Crippen LogP contribution is -2.35. The van der Waals surface area contributed by atoms with Gasteiger partial charge < -0.3 is 10.6 Å². The van der Waals surface area contributed by atoms with Gasteiger partial charge in [-0.05, 0) is 48.7 Å². The van der Waals surface area contributed by atoms with Gasteiger partial charge >= 0.3 is 18.0 Å². The summed E-state index contributed by atoms with van der Waals surface area (Å²) in [5, 5.41) is 3.89. The number of nitrogens with one attached hydrogen (secondary N) is 2. The first-order chi connectivity index (χ1) is 15.5. The van der Waals surface area contributed by atoms with Crippen LogP contribution in [-0.2, 0) is 32.3 Å². The van der Waals surface area contributed by atoms with E-state index >= 15 is 0 Å². The minimum atomic E-state index is -4.71. The predicted molar refractivity (Wildman–Crippen MR) is 116 cm³/mol. The number of amides is 2. The van der Waals surface area contributed by atoms with Crippen LogP contribution in [0.25, 0.3) is 0 Å². The van der Waals surface area contributed by atoms with Crippen molar-refractivity contribution in [2.75, 3.05) is 18.4 Å². The van der Waals surface area contributed by atoms with E-state index in [0.717, 1.165) is 31.4 Å². The van der Waals surface area contributed by atoms with Crippen LogP contribution in [0.5, 0.6) is 0 Å². The molecule has 2 N–H and O–H groups in total. The lowest BCUT2D eigenvalue weighted by Gasteiger charge is -2.25. The van der Waals surface area contributed by atoms with E-state index < -0.39 is 38.6 Å². The zero-order valence-corrected chi connectivity index (χ0v) is 18.9. The van der Waals surface area contributed by atoms with Crippen molar-refractivity contribution >= 4 is 39.1 Å². The Labute approximate surface area is 194 Å². The Morgan fingerprint density at radius 2 is 1.61 bits per heavy atom. The van der Waals surface area contributed by atoms with Crippen LogP contribution in [0.3, 0.4) is 0 Å². The normalized spacial score (nSPS) is 15.2. The fourth-order valence-electron chi connectivity index (χ4n) is 3.30. The number of hydrogen-bond donors (Lipinski definition) is 2. The summed E-state index contributed by atoms with van der Waals surface area (Å²) in [6.45, 7) is 0.880. The van der Waals surface area contributed by atoms with E-state index in [0.29, 0.717) is 24.7 Å². The van der Waals surface area contributed by atoms with Crippen LogP contribution in [-0.4, -0.2) is 37.6 Å². The molecule has 12 heteroatoms. The highest BCUT2D eigenvalue weighted by Gasteiger charge is 2.33. The molecule has 2 aromatic carbocycles. The van der Waals surface area contributed by atoms with Gasteiger partial charge in [-0.25, -0.2) is 8.42 Å². The second-order valence-corrected chi connectivity index (χ2v) is 9.78. The Kier molecular flexibility index (Phi) is 7.65. The second-order valence-electron chi connectivity index (χ2n) is 7.44. The van der Waals surface area contributed by atoms with E-state index in [1.165, 1.54) is 28.6 Å². The number of halogens is 4. The Balaban J connectivity index is 1.58. The molecule has 0 unspecified atom stereocenters. The minimum absolute atomic E-state index is 0.0787. The molecule has 1 aliphatic heterocycles. The van der Waals surface area contributed by atoms with Crippen molar-refractivity contribution in [3.05, 3.63) is 58.6 Å². The predicted octanol–water partition coefficient (Wildman–Crippen LogP) is 3.79. The quantitative estimate of drug-likeness (QED) is 0.607. The van der Waals surface area contributed by atoms with Crippen molar-refractivity contribution in [3.63, 3.8) is 0 Å². The number of nitrogens with zero attached hydrogens (tertiary/aromatic N) is 1. The summed E-state index contributed by atoms with van der Waals surface area (Å²) < 4.78 is 65.5. The molecule has 0 atom stereocenters. The first-order valence-electron chi connectivity index (χ1n) is 10.0. The van der Waals surface area contributed by atoms with Crippen molar-refractivity contribution in [2.24, 2.45) is 0 Å². The van der Waals surface area contributed by atoms with Crippen LogP contribution in [0.15, 0.2) is 47.4 Å². The molecule has 1 heterocycles. The summed E-state index contributed by atoms with van der Waals surface area (Å²) in [6, 6.07) is 8.64. The Morgan fingerprint density at radius 3 is 2.21 bits per heavy atom. The van der Waals surface area contributed by atoms with Crippen molar-refractivity contribution < 1.29 is 31.2 Å². The van der Waals surface area contributed by atoms with Gasteiger partial charge in [0.25, 0.3) is 0 Å². The maximum absolute atomic E-state index is 12.9. The summed E-state index contributed by atoms with van der Waals surface area (Å²) in [4.78, 5) is 24.2. The second kappa shape index (κ2) is 10.1. The smallest absolute Gasteiger partial charge is 0.344 e. The standard InChI is InChI=1S/C21H21ClF3N3O4S/c22-18-9-6-15(12-17(18)21(23,24)25)27-20(30)19(29)26-13-14-4-7-16(8-5-14)33(31,32)28-10-2-1-3-11-28/h4-9,12H,1-3,10-11,13H2,(H,26,29)(H,27,30). The lowest BCUT2D eigenvalue weighted by atomic mass is 10.2. The molecule has 1 saturated heterocycles. The number of sulfonamides is 1. The Hall–Kier alpha value is -2.63. The molecule has 0 aliphatic carbocycles. The van der Waals surface area contributed by atoms with Crippen molar-refractivity contribution in [1.29, 1.82) is 0 Å². The Bertz CT molecular complexity index is 1130. The summed E-state index contributed by atoms with van der Waals surface area (Å²) in [5.41, 5.74) is -0.833. The van der Waals surface area contributed by atoms with E-state index in [9.17, 15) is 31.2 Å². The van der Waals surface area contributed by atoms with Gasteiger partial charge in [0.15, 0.2) is 0 Å². The third-order valence-corrected chi connectivity index (χ3v) is 7.31. The van der Waals surface area contributed by atoms with E-state index in [4.69, 9.17) is 11.6 Å². The zero-order chi connectivity index (χ0) is 24.2. The number of benzene rings is 2. The van der Waals surface area contributed by atoms with Gasteiger partial charge in [-0.3, -0.25) is 9.59 Å². The van der Waals surface area contributed by atoms with Crippen molar-refractivity contribution in [1.82, 2.24) is 9.62 Å². The third kappa shape index (κ3) is 6.24. The maximum Gasteiger partial charge on any atom is 0.417 e. The molecule has 0 saturated carbocycles. The molecule has 2 amide bonds. The molecule has 178 valence electrons. The maximum atomic E-state index is 12.9. The van der Waals surface area contributed by atoms with Gasteiger partial charge in [-0.1, -0.05) is 30.2 Å². The summed E-state index contributed by atoms with van der Waals surface area (Å²) in [7, 11) is -3.58. The van der Waals surface area contributed by atoms with Gasteiger partial charge in [0.05, 0.1) is 15.5 Å². The van der Waals surface area contributed by atoms with Crippen LogP contribution in [0.2, 0.25) is 5.02 Å². The highest BCUT2D eigenvalue weighted by molar-refractivity contribution is 7.89. The largest absolute Gasteiger partial charge is 0.417 e. The number of anilines is 1. The van der Waals surface area contributed by atoms with Gasteiger partial charge in [0.1, 0.15) is 0 Å². The number of carbonyl (C=O) groups is 2. The highest BCUT2D eigenvalue weighted by Crippen LogP contribution is 2.36. The van der Waals surface area contributed by atoms with E-state index in [1.54, 1.807) is 0 Å². The topological polar surface area (TPSA) is 95.6 Å². The highest BCUT2D eigenvalue weighted by atomic mass is 35.5. The number of piperidine rings is 1. The number of carbonyl (C=O) groups excluding carboxylic acids is 2. The minimum Gasteiger partial charge on any atom is -0.344 e. The van der Waals surface area contributed by atoms with Crippen LogP contribution < -0.4 is 10.6 Å². The lowest BCUT2D eigenvalue weighted by molar-refractivity contribution is -0.137. The molecule has 2 aromatic rings. The fourth-order valence-corrected chi connectivity index (χ4v) is 5.05. The molecule has 0 spiro atoms. The SMILES string of the molecule is O=C(NCc1ccc(S(=O)(=O)N2CCCCC2)cc1)C(=O)Nc1ccc(Cl)c(C(F)(F)F)c1. The summed E-state index contributed by atoms with van der Waals surface area (Å²) >= 11 is 5.53. The molecule has 7 nitrogen and oxygen atoms in total. The average Bonchev–Trinajstić information content (AvgIpc) is 2.78. The van der Waals surface area contributed by atoms with Crippen molar-refractivity contribution in [3.8, 4) is 0 Å². The molecule has 1 aliphatic rings. The first kappa shape index (κ1) is 25.0. The number of alkyl halides is 3. The van der Waals surface area contributed by atoms with E-state index in [-0.39, 0.29) is 17.1 Å². The molecular formula is C21H21ClF3N3O4S. The van der Waals surface area contributed by atoms with Gasteiger partial charge in [-0.2, -0.15) is 17.5 Å². The van der Waals surface area contributed by atoms with E-state index in [2.05, 4.69) is 10.6 Å². The summed E-state index contributed by atoms with van der Waals surface area (Å²) in [5.74, 6) is -2.22. The van der Waals surface area contributed by atoms with Crippen LogP contribution in [0.1, 0.15) is 30.4 Å². The average molecular weight is 504 g/mol. The van der Waals surface area contributed by atoms with Crippen LogP contribution >= 0.6 is 11.6 Å².